The topological polar surface area (TPSA) is 74.8 Å². The maximum Gasteiger partial charge on any atom is 0.252 e. The first-order chi connectivity index (χ1) is 17.9. The third kappa shape index (κ3) is 5.48. The predicted molar refractivity (Wildman–Crippen MR) is 146 cm³/mol. The third-order valence-electron chi connectivity index (χ3n) is 7.24. The minimum absolute atomic E-state index is 0.0853. The smallest absolute Gasteiger partial charge is 0.252 e. The molecule has 1 aromatic heterocycles. The van der Waals surface area contributed by atoms with Gasteiger partial charge in [-0.25, -0.2) is 0 Å². The Kier molecular flexibility index (Phi) is 7.44. The van der Waals surface area contributed by atoms with Gasteiger partial charge >= 0.3 is 0 Å². The van der Waals surface area contributed by atoms with Crippen LogP contribution in [0, 0.1) is 0 Å². The van der Waals surface area contributed by atoms with Crippen molar-refractivity contribution in [3.8, 4) is 5.75 Å². The Morgan fingerprint density at radius 3 is 2.70 bits per heavy atom. The molecule has 0 bridgehead atoms. The highest BCUT2D eigenvalue weighted by molar-refractivity contribution is 6.30. The Hall–Kier alpha value is -3.42. The minimum Gasteiger partial charge on any atom is -0.496 e. The number of pyridine rings is 1. The standard InChI is InChI=1S/C29H31ClN4O3/c1-33-14-11-21(12-15-33)31-29(36)28-22-5-3-4-6-24(22)32-25-13-16-34(18-23(25)28)27(35)10-7-19-17-20(30)8-9-26(19)37-2/h3-10,17,21H,11-16,18H2,1-2H3,(H,31,36)/b10-7+. The summed E-state index contributed by atoms with van der Waals surface area (Å²) in [6.45, 7) is 2.79. The summed E-state index contributed by atoms with van der Waals surface area (Å²) in [5, 5.41) is 4.66. The molecule has 192 valence electrons. The van der Waals surface area contributed by atoms with Crippen molar-refractivity contribution in [2.45, 2.75) is 31.8 Å². The van der Waals surface area contributed by atoms with E-state index in [0.29, 0.717) is 35.8 Å². The number of para-hydroxylation sites is 1. The van der Waals surface area contributed by atoms with E-state index in [1.807, 2.05) is 24.3 Å². The highest BCUT2D eigenvalue weighted by atomic mass is 35.5. The largest absolute Gasteiger partial charge is 0.496 e. The molecule has 8 heteroatoms. The normalized spacial score (nSPS) is 16.7. The van der Waals surface area contributed by atoms with Gasteiger partial charge in [0.1, 0.15) is 5.75 Å². The number of nitrogens with zero attached hydrogens (tertiary/aromatic N) is 3. The van der Waals surface area contributed by atoms with Gasteiger partial charge in [0.05, 0.1) is 18.2 Å². The van der Waals surface area contributed by atoms with Crippen LogP contribution in [0.1, 0.15) is 40.0 Å². The van der Waals surface area contributed by atoms with E-state index in [9.17, 15) is 9.59 Å². The maximum atomic E-state index is 13.7. The lowest BCUT2D eigenvalue weighted by molar-refractivity contribution is -0.126. The molecule has 7 nitrogen and oxygen atoms in total. The number of nitrogens with one attached hydrogen (secondary N) is 1. The van der Waals surface area contributed by atoms with E-state index in [0.717, 1.165) is 53.7 Å². The van der Waals surface area contributed by atoms with Crippen molar-refractivity contribution in [1.29, 1.82) is 0 Å². The van der Waals surface area contributed by atoms with Gasteiger partial charge in [0.15, 0.2) is 0 Å². The second-order valence-electron chi connectivity index (χ2n) is 9.71. The average molecular weight is 519 g/mol. The summed E-state index contributed by atoms with van der Waals surface area (Å²) in [5.41, 5.74) is 3.89. The van der Waals surface area contributed by atoms with Crippen molar-refractivity contribution < 1.29 is 14.3 Å². The quantitative estimate of drug-likeness (QED) is 0.509. The number of fused-ring (bicyclic) bond motifs is 2. The molecule has 2 aromatic carbocycles. The number of methoxy groups -OCH3 is 1. The van der Waals surface area contributed by atoms with Crippen molar-refractivity contribution in [1.82, 2.24) is 20.1 Å². The summed E-state index contributed by atoms with van der Waals surface area (Å²) in [6.07, 6.45) is 5.70. The first-order valence-corrected chi connectivity index (χ1v) is 13.0. The van der Waals surface area contributed by atoms with Crippen molar-refractivity contribution >= 4 is 40.4 Å². The molecule has 0 spiro atoms. The maximum absolute atomic E-state index is 13.7. The number of carbonyl (C=O) groups excluding carboxylic acids is 2. The van der Waals surface area contributed by atoms with Crippen LogP contribution >= 0.6 is 11.6 Å². The van der Waals surface area contributed by atoms with Gasteiger partial charge < -0.3 is 19.9 Å². The summed E-state index contributed by atoms with van der Waals surface area (Å²) in [7, 11) is 3.69. The summed E-state index contributed by atoms with van der Waals surface area (Å²) in [4.78, 5) is 35.8. The molecule has 3 aromatic rings. The number of halogens is 1. The molecule has 1 saturated heterocycles. The molecular formula is C29H31ClN4O3. The zero-order valence-electron chi connectivity index (χ0n) is 21.2. The van der Waals surface area contributed by atoms with Crippen molar-refractivity contribution in [2.75, 3.05) is 33.8 Å². The van der Waals surface area contributed by atoms with Gasteiger partial charge in [-0.2, -0.15) is 0 Å². The number of carbonyl (C=O) groups is 2. The lowest BCUT2D eigenvalue weighted by Gasteiger charge is -2.31. The Morgan fingerprint density at radius 2 is 1.92 bits per heavy atom. The van der Waals surface area contributed by atoms with Crippen LogP contribution in [0.3, 0.4) is 0 Å². The average Bonchev–Trinajstić information content (AvgIpc) is 2.91. The van der Waals surface area contributed by atoms with Crippen molar-refractivity contribution in [2.24, 2.45) is 0 Å². The van der Waals surface area contributed by atoms with Crippen LogP contribution in [0.25, 0.3) is 17.0 Å². The summed E-state index contributed by atoms with van der Waals surface area (Å²) in [6, 6.07) is 13.2. The van der Waals surface area contributed by atoms with Gasteiger partial charge in [-0.15, -0.1) is 0 Å². The first kappa shape index (κ1) is 25.2. The number of rotatable bonds is 5. The Labute approximate surface area is 222 Å². The SMILES string of the molecule is COc1ccc(Cl)cc1/C=C/C(=O)N1CCc2nc3ccccc3c(C(=O)NC3CCN(C)CC3)c2C1. The summed E-state index contributed by atoms with van der Waals surface area (Å²) >= 11 is 6.13. The van der Waals surface area contributed by atoms with Crippen LogP contribution in [0.5, 0.6) is 5.75 Å². The van der Waals surface area contributed by atoms with E-state index in [2.05, 4.69) is 17.3 Å². The van der Waals surface area contributed by atoms with E-state index in [4.69, 9.17) is 21.3 Å². The molecule has 3 heterocycles. The molecule has 37 heavy (non-hydrogen) atoms. The van der Waals surface area contributed by atoms with E-state index in [-0.39, 0.29) is 17.9 Å². The van der Waals surface area contributed by atoms with Gasteiger partial charge in [-0.05, 0) is 63.3 Å². The predicted octanol–water partition coefficient (Wildman–Crippen LogP) is 4.32. The van der Waals surface area contributed by atoms with Crippen molar-refractivity contribution in [3.63, 3.8) is 0 Å². The fourth-order valence-electron chi connectivity index (χ4n) is 5.15. The third-order valence-corrected chi connectivity index (χ3v) is 7.47. The second kappa shape index (κ2) is 10.9. The summed E-state index contributed by atoms with van der Waals surface area (Å²) < 4.78 is 5.39. The van der Waals surface area contributed by atoms with Crippen LogP contribution in [0.4, 0.5) is 0 Å². The molecule has 2 amide bonds. The van der Waals surface area contributed by atoms with Crippen LogP contribution in [-0.4, -0.2) is 66.4 Å². The van der Waals surface area contributed by atoms with Gasteiger partial charge in [0.25, 0.3) is 5.91 Å². The molecule has 5 rings (SSSR count). The number of benzene rings is 2. The first-order valence-electron chi connectivity index (χ1n) is 12.6. The number of ether oxygens (including phenoxy) is 1. The summed E-state index contributed by atoms with van der Waals surface area (Å²) in [5.74, 6) is 0.418. The highest BCUT2D eigenvalue weighted by Crippen LogP contribution is 2.29. The van der Waals surface area contributed by atoms with Crippen LogP contribution in [0.15, 0.2) is 48.5 Å². The Morgan fingerprint density at radius 1 is 1.14 bits per heavy atom. The molecule has 0 aliphatic carbocycles. The van der Waals surface area contributed by atoms with Gasteiger partial charge in [-0.3, -0.25) is 14.6 Å². The van der Waals surface area contributed by atoms with Crippen LogP contribution < -0.4 is 10.1 Å². The minimum atomic E-state index is -0.137. The second-order valence-corrected chi connectivity index (χ2v) is 10.1. The molecule has 0 unspecified atom stereocenters. The Balaban J connectivity index is 1.42. The molecule has 0 radical (unpaired) electrons. The Bertz CT molecular complexity index is 1360. The molecule has 0 atom stereocenters. The molecule has 2 aliphatic rings. The number of piperidine rings is 1. The number of hydrogen-bond donors (Lipinski definition) is 1. The number of amides is 2. The molecule has 1 N–H and O–H groups in total. The molecule has 0 saturated carbocycles. The van der Waals surface area contributed by atoms with E-state index >= 15 is 0 Å². The van der Waals surface area contributed by atoms with Crippen LogP contribution in [0.2, 0.25) is 5.02 Å². The lowest BCUT2D eigenvalue weighted by Crippen LogP contribution is -2.44. The van der Waals surface area contributed by atoms with Gasteiger partial charge in [-0.1, -0.05) is 29.8 Å². The molecule has 1 fully saturated rings. The number of hydrogen-bond acceptors (Lipinski definition) is 5. The molecule has 2 aliphatic heterocycles. The van der Waals surface area contributed by atoms with Gasteiger partial charge in [0.2, 0.25) is 5.91 Å². The number of likely N-dealkylation sites (tertiary alicyclic amines) is 1. The van der Waals surface area contributed by atoms with E-state index < -0.39 is 0 Å². The monoisotopic (exact) mass is 518 g/mol. The fourth-order valence-corrected chi connectivity index (χ4v) is 5.33. The fraction of sp³-hybridized carbons (Fsp3) is 0.345. The lowest BCUT2D eigenvalue weighted by atomic mass is 9.94. The van der Waals surface area contributed by atoms with Crippen molar-refractivity contribution in [3.05, 3.63) is 75.9 Å². The number of aromatic nitrogens is 1. The zero-order valence-corrected chi connectivity index (χ0v) is 21.9. The van der Waals surface area contributed by atoms with Gasteiger partial charge in [0, 0.05) is 58.9 Å². The zero-order chi connectivity index (χ0) is 25.9. The van der Waals surface area contributed by atoms with E-state index in [1.165, 1.54) is 6.08 Å². The highest BCUT2D eigenvalue weighted by Gasteiger charge is 2.29. The van der Waals surface area contributed by atoms with E-state index in [1.54, 1.807) is 36.3 Å². The van der Waals surface area contributed by atoms with Crippen LogP contribution in [-0.2, 0) is 17.8 Å². The molecular weight excluding hydrogens is 488 g/mol.